The van der Waals surface area contributed by atoms with E-state index in [0.717, 1.165) is 48.3 Å². The summed E-state index contributed by atoms with van der Waals surface area (Å²) < 4.78 is 6.29. The molecule has 1 unspecified atom stereocenters. The van der Waals surface area contributed by atoms with E-state index in [0.29, 0.717) is 11.6 Å². The summed E-state index contributed by atoms with van der Waals surface area (Å²) in [5, 5.41) is 6.47. The fraction of sp³-hybridized carbons (Fsp3) is 0.375. The molecule has 31 heavy (non-hydrogen) atoms. The molecule has 0 saturated heterocycles. The third-order valence-corrected chi connectivity index (χ3v) is 5.42. The minimum atomic E-state index is -0.449. The maximum absolute atomic E-state index is 6.29. The summed E-state index contributed by atoms with van der Waals surface area (Å²) in [7, 11) is 6.02. The number of nitrogens with zero attached hydrogens (tertiary/aromatic N) is 5. The first-order chi connectivity index (χ1) is 15.1. The highest BCUT2D eigenvalue weighted by Gasteiger charge is 2.32. The summed E-state index contributed by atoms with van der Waals surface area (Å²) >= 11 is 0. The van der Waals surface area contributed by atoms with Crippen molar-refractivity contribution in [2.75, 3.05) is 21.1 Å². The van der Waals surface area contributed by atoms with E-state index in [4.69, 9.17) is 15.5 Å². The van der Waals surface area contributed by atoms with Crippen LogP contribution in [0.5, 0.6) is 0 Å². The van der Waals surface area contributed by atoms with Gasteiger partial charge in [0.05, 0.1) is 17.6 Å². The molecule has 7 nitrogen and oxygen atoms in total. The highest BCUT2D eigenvalue weighted by Crippen LogP contribution is 2.32. The smallest absolute Gasteiger partial charge is 0.236 e. The van der Waals surface area contributed by atoms with Crippen LogP contribution in [0.25, 0.3) is 11.3 Å². The number of aromatic nitrogens is 2. The van der Waals surface area contributed by atoms with Crippen molar-refractivity contribution in [3.63, 3.8) is 0 Å². The maximum Gasteiger partial charge on any atom is 0.236 e. The number of hydrogen-bond donors (Lipinski definition) is 1. The normalized spacial score (nSPS) is 18.6. The van der Waals surface area contributed by atoms with Gasteiger partial charge in [0.1, 0.15) is 5.69 Å². The second kappa shape index (κ2) is 9.41. The van der Waals surface area contributed by atoms with Crippen molar-refractivity contribution in [3.8, 4) is 11.3 Å². The van der Waals surface area contributed by atoms with Crippen molar-refractivity contribution in [1.29, 1.82) is 0 Å². The molecule has 1 aromatic heterocycles. The quantitative estimate of drug-likeness (QED) is 0.772. The van der Waals surface area contributed by atoms with E-state index >= 15 is 0 Å². The number of rotatable bonds is 6. The fourth-order valence-corrected chi connectivity index (χ4v) is 3.89. The summed E-state index contributed by atoms with van der Waals surface area (Å²) in [5.41, 5.74) is 11.6. The van der Waals surface area contributed by atoms with E-state index in [1.807, 2.05) is 24.2 Å². The fourth-order valence-electron chi connectivity index (χ4n) is 3.89. The van der Waals surface area contributed by atoms with E-state index in [-0.39, 0.29) is 6.54 Å². The molecule has 2 aliphatic rings. The van der Waals surface area contributed by atoms with Crippen LogP contribution in [-0.2, 0) is 17.8 Å². The summed E-state index contributed by atoms with van der Waals surface area (Å²) in [6, 6.07) is 8.28. The van der Waals surface area contributed by atoms with Crippen LogP contribution < -0.4 is 5.73 Å². The monoisotopic (exact) mass is 418 g/mol. The molecule has 1 aromatic carbocycles. The number of benzene rings is 1. The van der Waals surface area contributed by atoms with Crippen molar-refractivity contribution in [2.45, 2.75) is 38.6 Å². The molecular formula is C24H30N6O. The van der Waals surface area contributed by atoms with Gasteiger partial charge in [-0.05, 0) is 38.9 Å². The number of ether oxygens (including phenoxy) is 1. The van der Waals surface area contributed by atoms with Crippen molar-refractivity contribution >= 4 is 5.90 Å². The lowest BCUT2D eigenvalue weighted by Crippen LogP contribution is -2.21. The van der Waals surface area contributed by atoms with Gasteiger partial charge in [-0.3, -0.25) is 9.99 Å². The molecule has 1 aliphatic carbocycles. The van der Waals surface area contributed by atoms with Crippen LogP contribution in [0.2, 0.25) is 0 Å². The third kappa shape index (κ3) is 4.68. The lowest BCUT2D eigenvalue weighted by atomic mass is 10.0. The Balaban J connectivity index is 1.67. The highest BCUT2D eigenvalue weighted by molar-refractivity contribution is 5.94. The first-order valence-electron chi connectivity index (χ1n) is 10.7. The van der Waals surface area contributed by atoms with Gasteiger partial charge in [-0.25, -0.2) is 4.98 Å². The zero-order valence-electron chi connectivity index (χ0n) is 18.5. The average molecular weight is 419 g/mol. The Morgan fingerprint density at radius 3 is 2.90 bits per heavy atom. The van der Waals surface area contributed by atoms with Crippen LogP contribution in [0.3, 0.4) is 0 Å². The molecule has 2 heterocycles. The van der Waals surface area contributed by atoms with Gasteiger partial charge in [0.25, 0.3) is 0 Å². The predicted octanol–water partition coefficient (Wildman–Crippen LogP) is 3.60. The minimum absolute atomic E-state index is 0.288. The summed E-state index contributed by atoms with van der Waals surface area (Å²) in [6.07, 6.45) is 10.8. The Kier molecular flexibility index (Phi) is 6.44. The molecule has 2 N–H and O–H groups in total. The van der Waals surface area contributed by atoms with E-state index < -0.39 is 6.23 Å². The van der Waals surface area contributed by atoms with Gasteiger partial charge in [0, 0.05) is 31.3 Å². The van der Waals surface area contributed by atoms with Gasteiger partial charge in [0.15, 0.2) is 0 Å². The molecular weight excluding hydrogens is 388 g/mol. The Labute approximate surface area is 183 Å². The molecule has 1 aliphatic heterocycles. The van der Waals surface area contributed by atoms with E-state index in [9.17, 15) is 0 Å². The van der Waals surface area contributed by atoms with Crippen molar-refractivity contribution in [2.24, 2.45) is 10.8 Å². The van der Waals surface area contributed by atoms with Crippen LogP contribution in [-0.4, -0.2) is 46.9 Å². The predicted molar refractivity (Wildman–Crippen MR) is 123 cm³/mol. The Hall–Kier alpha value is -3.03. The summed E-state index contributed by atoms with van der Waals surface area (Å²) in [4.78, 5) is 11.8. The lowest BCUT2D eigenvalue weighted by Gasteiger charge is -2.21. The van der Waals surface area contributed by atoms with Gasteiger partial charge in [-0.15, -0.1) is 5.10 Å². The first kappa shape index (κ1) is 21.2. The summed E-state index contributed by atoms with van der Waals surface area (Å²) in [5.74, 6) is 0.655. The number of allylic oxidation sites excluding steroid dienone is 3. The highest BCUT2D eigenvalue weighted by atomic mass is 16.5. The molecule has 4 rings (SSSR count). The second-order valence-electron chi connectivity index (χ2n) is 8.15. The number of nitrogens with two attached hydrogens (primary N) is 1. The molecule has 0 spiro atoms. The molecule has 2 aromatic rings. The van der Waals surface area contributed by atoms with Crippen molar-refractivity contribution < 1.29 is 4.74 Å². The largest absolute Gasteiger partial charge is 0.445 e. The molecule has 162 valence electrons. The van der Waals surface area contributed by atoms with Crippen LogP contribution in [0.15, 0.2) is 59.4 Å². The van der Waals surface area contributed by atoms with Gasteiger partial charge in [0.2, 0.25) is 12.1 Å². The van der Waals surface area contributed by atoms with Crippen LogP contribution in [0.4, 0.5) is 0 Å². The molecule has 0 bridgehead atoms. The van der Waals surface area contributed by atoms with E-state index in [2.05, 4.69) is 59.4 Å². The van der Waals surface area contributed by atoms with Crippen molar-refractivity contribution in [3.05, 3.63) is 71.2 Å². The SMILES string of the molecule is CN(C)Cc1ccccc1-c1cnc(CN)c(C2OC(C3=CC=CCCC3)=NN2C)n1. The lowest BCUT2D eigenvalue weighted by molar-refractivity contribution is 0.0723. The average Bonchev–Trinajstić information content (AvgIpc) is 2.97. The first-order valence-corrected chi connectivity index (χ1v) is 10.7. The molecule has 1 atom stereocenters. The molecule has 0 radical (unpaired) electrons. The number of hydrogen-bond acceptors (Lipinski definition) is 7. The second-order valence-corrected chi connectivity index (χ2v) is 8.15. The zero-order valence-corrected chi connectivity index (χ0v) is 18.5. The Morgan fingerprint density at radius 2 is 2.10 bits per heavy atom. The third-order valence-electron chi connectivity index (χ3n) is 5.42. The van der Waals surface area contributed by atoms with Crippen LogP contribution in [0.1, 0.15) is 42.4 Å². The van der Waals surface area contributed by atoms with Crippen LogP contribution in [0, 0.1) is 0 Å². The van der Waals surface area contributed by atoms with Gasteiger partial charge < -0.3 is 15.4 Å². The topological polar surface area (TPSA) is 79.9 Å². The Morgan fingerprint density at radius 1 is 1.26 bits per heavy atom. The molecule has 0 saturated carbocycles. The Bertz CT molecular complexity index is 1030. The van der Waals surface area contributed by atoms with Crippen molar-refractivity contribution in [1.82, 2.24) is 19.9 Å². The van der Waals surface area contributed by atoms with E-state index in [1.54, 1.807) is 6.20 Å². The summed E-state index contributed by atoms with van der Waals surface area (Å²) in [6.45, 7) is 1.11. The standard InChI is InChI=1S/C24H30N6O/c1-29(2)16-18-12-8-9-13-19(18)21-15-26-20(14-25)22(27-21)24-30(3)28-23(31-24)17-10-6-4-5-7-11-17/h4,6,8-10,12-13,15,24H,5,7,11,14,16,25H2,1-3H3. The molecule has 0 fully saturated rings. The van der Waals surface area contributed by atoms with Crippen LogP contribution >= 0.6 is 0 Å². The van der Waals surface area contributed by atoms with Gasteiger partial charge in [-0.1, -0.05) is 42.5 Å². The van der Waals surface area contributed by atoms with E-state index in [1.165, 1.54) is 5.56 Å². The molecule has 0 amide bonds. The minimum Gasteiger partial charge on any atom is -0.445 e. The zero-order chi connectivity index (χ0) is 21.8. The molecule has 7 heteroatoms. The maximum atomic E-state index is 6.29. The number of hydrazone groups is 1. The van der Waals surface area contributed by atoms with Gasteiger partial charge >= 0.3 is 0 Å². The van der Waals surface area contributed by atoms with Gasteiger partial charge in [-0.2, -0.15) is 0 Å².